The minimum absolute atomic E-state index is 0.0709. The van der Waals surface area contributed by atoms with Crippen LogP contribution >= 0.6 is 11.6 Å². The van der Waals surface area contributed by atoms with Crippen molar-refractivity contribution >= 4 is 40.7 Å². The van der Waals surface area contributed by atoms with Crippen LogP contribution in [0.5, 0.6) is 5.75 Å². The van der Waals surface area contributed by atoms with Gasteiger partial charge in [-0.25, -0.2) is 0 Å². The van der Waals surface area contributed by atoms with E-state index in [1.165, 1.54) is 4.90 Å². The third-order valence-electron chi connectivity index (χ3n) is 6.50. The van der Waals surface area contributed by atoms with Crippen LogP contribution in [0.25, 0.3) is 0 Å². The second kappa shape index (κ2) is 11.0. The fourth-order valence-corrected chi connectivity index (χ4v) is 4.75. The molecule has 0 bridgehead atoms. The first-order chi connectivity index (χ1) is 17.7. The number of ether oxygens (including phenoxy) is 1. The van der Waals surface area contributed by atoms with Crippen molar-refractivity contribution in [3.05, 3.63) is 88.9 Å². The van der Waals surface area contributed by atoms with Crippen LogP contribution in [0.4, 0.5) is 11.4 Å². The highest BCUT2D eigenvalue weighted by Crippen LogP contribution is 2.42. The predicted octanol–water partition coefficient (Wildman–Crippen LogP) is 5.34. The first-order valence-corrected chi connectivity index (χ1v) is 12.5. The molecule has 0 fully saturated rings. The Morgan fingerprint density at radius 1 is 0.973 bits per heavy atom. The molecule has 0 spiro atoms. The van der Waals surface area contributed by atoms with Gasteiger partial charge >= 0.3 is 0 Å². The quantitative estimate of drug-likeness (QED) is 0.441. The number of amides is 3. The molecule has 0 radical (unpaired) electrons. The molecule has 2 atom stereocenters. The number of rotatable bonds is 6. The molecular weight excluding hydrogens is 490 g/mol. The van der Waals surface area contributed by atoms with Crippen molar-refractivity contribution in [1.82, 2.24) is 4.90 Å². The molecule has 0 aliphatic carbocycles. The first-order valence-electron chi connectivity index (χ1n) is 12.1. The van der Waals surface area contributed by atoms with Crippen molar-refractivity contribution in [2.24, 2.45) is 0 Å². The summed E-state index contributed by atoms with van der Waals surface area (Å²) in [5, 5.41) is 0.599. The average molecular weight is 520 g/mol. The van der Waals surface area contributed by atoms with E-state index in [0.717, 1.165) is 16.9 Å². The zero-order valence-corrected chi connectivity index (χ0v) is 22.1. The number of hydrogen-bond acceptors (Lipinski definition) is 4. The smallest absolute Gasteiger partial charge is 0.259 e. The van der Waals surface area contributed by atoms with Crippen molar-refractivity contribution in [2.75, 3.05) is 30.5 Å². The summed E-state index contributed by atoms with van der Waals surface area (Å²) < 4.78 is 5.54. The number of halogens is 1. The zero-order valence-electron chi connectivity index (χ0n) is 21.3. The molecule has 0 saturated carbocycles. The van der Waals surface area contributed by atoms with Gasteiger partial charge in [0.05, 0.1) is 6.04 Å². The Bertz CT molecular complexity index is 1290. The molecule has 0 unspecified atom stereocenters. The Morgan fingerprint density at radius 2 is 1.62 bits per heavy atom. The molecule has 7 nitrogen and oxygen atoms in total. The van der Waals surface area contributed by atoms with Crippen LogP contribution in [-0.4, -0.2) is 49.4 Å². The van der Waals surface area contributed by atoms with Crippen LogP contribution in [0.2, 0.25) is 5.02 Å². The van der Waals surface area contributed by atoms with Crippen LogP contribution in [-0.2, 0) is 9.59 Å². The number of anilines is 2. The summed E-state index contributed by atoms with van der Waals surface area (Å²) in [7, 11) is 3.33. The molecule has 192 valence electrons. The number of likely N-dealkylation sites (N-methyl/N-ethyl adjacent to an activating group) is 1. The van der Waals surface area contributed by atoms with Crippen molar-refractivity contribution < 1.29 is 19.1 Å². The molecular formula is C29H30ClN3O4. The summed E-state index contributed by atoms with van der Waals surface area (Å²) in [4.78, 5) is 43.3. The van der Waals surface area contributed by atoms with Crippen molar-refractivity contribution in [3.8, 4) is 5.75 Å². The molecule has 1 heterocycles. The number of nitrogens with zero attached hydrogens (tertiary/aromatic N) is 3. The van der Waals surface area contributed by atoms with Gasteiger partial charge in [-0.05, 0) is 73.5 Å². The Balaban J connectivity index is 1.62. The maximum absolute atomic E-state index is 13.7. The van der Waals surface area contributed by atoms with E-state index >= 15 is 0 Å². The van der Waals surface area contributed by atoms with Gasteiger partial charge in [0.25, 0.3) is 11.8 Å². The zero-order chi connectivity index (χ0) is 26.7. The lowest BCUT2D eigenvalue weighted by atomic mass is 9.89. The van der Waals surface area contributed by atoms with Crippen LogP contribution < -0.4 is 14.5 Å². The standard InChI is InChI=1S/C29H30ClN3O4/c1-19-17-27(33(20(2)34)23-13-11-22(30)12-14-23)25-7-5-6-8-26(25)32(19)29(36)21-9-15-24(16-10-21)37-18-28(35)31(3)4/h5-16,19,27H,17-18H2,1-4H3/t19-,27+/m0/s1. The molecule has 0 N–H and O–H groups in total. The van der Waals surface area contributed by atoms with Crippen LogP contribution in [0.3, 0.4) is 0 Å². The number of para-hydroxylation sites is 1. The molecule has 1 aliphatic heterocycles. The van der Waals surface area contributed by atoms with E-state index in [9.17, 15) is 14.4 Å². The van der Waals surface area contributed by atoms with E-state index < -0.39 is 0 Å². The molecule has 4 rings (SSSR count). The molecule has 0 saturated heterocycles. The Hall–Kier alpha value is -3.84. The van der Waals surface area contributed by atoms with E-state index in [1.807, 2.05) is 43.3 Å². The number of hydrogen-bond donors (Lipinski definition) is 0. The van der Waals surface area contributed by atoms with E-state index in [2.05, 4.69) is 0 Å². The average Bonchev–Trinajstić information content (AvgIpc) is 2.88. The Kier molecular flexibility index (Phi) is 7.83. The second-order valence-electron chi connectivity index (χ2n) is 9.30. The summed E-state index contributed by atoms with van der Waals surface area (Å²) in [6, 6.07) is 21.3. The first kappa shape index (κ1) is 26.2. The van der Waals surface area contributed by atoms with Crippen LogP contribution in [0, 0.1) is 0 Å². The molecule has 0 aromatic heterocycles. The number of carbonyl (C=O) groups excluding carboxylic acids is 3. The fourth-order valence-electron chi connectivity index (χ4n) is 4.63. The molecule has 3 aromatic rings. The lowest BCUT2D eigenvalue weighted by Crippen LogP contribution is -2.47. The summed E-state index contributed by atoms with van der Waals surface area (Å²) in [5.74, 6) is 0.137. The largest absolute Gasteiger partial charge is 0.484 e. The van der Waals surface area contributed by atoms with Gasteiger partial charge in [0.1, 0.15) is 5.75 Å². The van der Waals surface area contributed by atoms with Gasteiger partial charge in [-0.1, -0.05) is 29.8 Å². The van der Waals surface area contributed by atoms with Gasteiger partial charge in [0.2, 0.25) is 5.91 Å². The summed E-state index contributed by atoms with van der Waals surface area (Å²) in [5.41, 5.74) is 2.94. The predicted molar refractivity (Wildman–Crippen MR) is 145 cm³/mol. The van der Waals surface area contributed by atoms with Gasteiger partial charge in [0.15, 0.2) is 6.61 Å². The molecule has 8 heteroatoms. The lowest BCUT2D eigenvalue weighted by molar-refractivity contribution is -0.130. The van der Waals surface area contributed by atoms with Gasteiger partial charge in [-0.3, -0.25) is 14.4 Å². The lowest BCUT2D eigenvalue weighted by Gasteiger charge is -2.43. The third-order valence-corrected chi connectivity index (χ3v) is 6.75. The summed E-state index contributed by atoms with van der Waals surface area (Å²) >= 11 is 6.08. The van der Waals surface area contributed by atoms with Crippen molar-refractivity contribution in [1.29, 1.82) is 0 Å². The highest BCUT2D eigenvalue weighted by molar-refractivity contribution is 6.30. The minimum atomic E-state index is -0.237. The van der Waals surface area contributed by atoms with Gasteiger partial charge < -0.3 is 19.4 Å². The maximum Gasteiger partial charge on any atom is 0.259 e. The van der Waals surface area contributed by atoms with E-state index in [0.29, 0.717) is 22.8 Å². The van der Waals surface area contributed by atoms with Gasteiger partial charge in [-0.15, -0.1) is 0 Å². The summed E-state index contributed by atoms with van der Waals surface area (Å²) in [6.45, 7) is 3.47. The molecule has 3 amide bonds. The second-order valence-corrected chi connectivity index (χ2v) is 9.74. The highest BCUT2D eigenvalue weighted by atomic mass is 35.5. The maximum atomic E-state index is 13.7. The fraction of sp³-hybridized carbons (Fsp3) is 0.276. The van der Waals surface area contributed by atoms with E-state index in [4.69, 9.17) is 16.3 Å². The Morgan fingerprint density at radius 3 is 2.24 bits per heavy atom. The molecule has 1 aliphatic rings. The van der Waals surface area contributed by atoms with Crippen molar-refractivity contribution in [3.63, 3.8) is 0 Å². The van der Waals surface area contributed by atoms with E-state index in [1.54, 1.807) is 67.2 Å². The van der Waals surface area contributed by atoms with Crippen molar-refractivity contribution in [2.45, 2.75) is 32.4 Å². The van der Waals surface area contributed by atoms with Crippen LogP contribution in [0.15, 0.2) is 72.8 Å². The molecule has 3 aromatic carbocycles. The molecule has 37 heavy (non-hydrogen) atoms. The topological polar surface area (TPSA) is 70.2 Å². The SMILES string of the molecule is CC(=O)N(c1ccc(Cl)cc1)[C@@H]1C[C@H](C)N(C(=O)c2ccc(OCC(=O)N(C)C)cc2)c2ccccc21. The number of benzene rings is 3. The van der Waals surface area contributed by atoms with Gasteiger partial charge in [0, 0.05) is 49.0 Å². The third kappa shape index (κ3) is 5.62. The highest BCUT2D eigenvalue weighted by Gasteiger charge is 2.38. The minimum Gasteiger partial charge on any atom is -0.484 e. The van der Waals surface area contributed by atoms with Gasteiger partial charge in [-0.2, -0.15) is 0 Å². The number of carbonyl (C=O) groups is 3. The monoisotopic (exact) mass is 519 g/mol. The van der Waals surface area contributed by atoms with E-state index in [-0.39, 0.29) is 36.4 Å². The number of fused-ring (bicyclic) bond motifs is 1. The van der Waals surface area contributed by atoms with Crippen LogP contribution in [0.1, 0.15) is 42.2 Å². The Labute approximate surface area is 222 Å². The summed E-state index contributed by atoms with van der Waals surface area (Å²) in [6.07, 6.45) is 0.568. The normalized spacial score (nSPS) is 16.5.